The Bertz CT molecular complexity index is 927. The van der Waals surface area contributed by atoms with Crippen LogP contribution in [-0.2, 0) is 11.2 Å². The summed E-state index contributed by atoms with van der Waals surface area (Å²) in [5.41, 5.74) is 1.99. The van der Waals surface area contributed by atoms with E-state index in [2.05, 4.69) is 49.8 Å². The van der Waals surface area contributed by atoms with Crippen LogP contribution in [0.1, 0.15) is 62.3 Å². The Kier molecular flexibility index (Phi) is 7.03. The smallest absolute Gasteiger partial charge is 0.231 e. The van der Waals surface area contributed by atoms with Gasteiger partial charge in [-0.25, -0.2) is 4.98 Å². The number of aryl methyl sites for hydroxylation is 1. The summed E-state index contributed by atoms with van der Waals surface area (Å²) in [6.45, 7) is 10.1. The largest absolute Gasteiger partial charge is 0.446 e. The third-order valence-electron chi connectivity index (χ3n) is 5.37. The molecule has 0 spiro atoms. The van der Waals surface area contributed by atoms with Crippen LogP contribution in [0, 0.1) is 6.92 Å². The molecule has 30 heavy (non-hydrogen) atoms. The number of pyridine rings is 1. The SMILES string of the molecule is Cc1cnc(CC(c2ccccc2)C(C(=O)N(C(C)C)C(C)C)c2cccnc2)o1. The van der Waals surface area contributed by atoms with Gasteiger partial charge in [0.15, 0.2) is 5.89 Å². The van der Waals surface area contributed by atoms with Gasteiger partial charge in [-0.1, -0.05) is 36.4 Å². The Hall–Kier alpha value is -2.95. The van der Waals surface area contributed by atoms with Gasteiger partial charge >= 0.3 is 0 Å². The average molecular weight is 406 g/mol. The maximum Gasteiger partial charge on any atom is 0.231 e. The summed E-state index contributed by atoms with van der Waals surface area (Å²) in [6, 6.07) is 14.2. The molecular formula is C25H31N3O2. The van der Waals surface area contributed by atoms with E-state index in [-0.39, 0.29) is 23.9 Å². The van der Waals surface area contributed by atoms with Gasteiger partial charge in [0, 0.05) is 36.8 Å². The summed E-state index contributed by atoms with van der Waals surface area (Å²) in [7, 11) is 0. The molecular weight excluding hydrogens is 374 g/mol. The molecule has 5 nitrogen and oxygen atoms in total. The zero-order valence-electron chi connectivity index (χ0n) is 18.4. The number of rotatable bonds is 8. The molecule has 2 unspecified atom stereocenters. The molecule has 0 saturated heterocycles. The Labute approximate surface area is 179 Å². The predicted octanol–water partition coefficient (Wildman–Crippen LogP) is 5.13. The van der Waals surface area contributed by atoms with E-state index in [1.807, 2.05) is 42.2 Å². The molecule has 2 atom stereocenters. The van der Waals surface area contributed by atoms with Crippen molar-refractivity contribution in [2.24, 2.45) is 0 Å². The Morgan fingerprint density at radius 1 is 0.967 bits per heavy atom. The number of hydrogen-bond acceptors (Lipinski definition) is 4. The minimum atomic E-state index is -0.391. The summed E-state index contributed by atoms with van der Waals surface area (Å²) in [5, 5.41) is 0. The van der Waals surface area contributed by atoms with Gasteiger partial charge in [0.25, 0.3) is 0 Å². The minimum absolute atomic E-state index is 0.0945. The van der Waals surface area contributed by atoms with Crippen molar-refractivity contribution in [2.75, 3.05) is 0 Å². The van der Waals surface area contributed by atoms with Crippen molar-refractivity contribution in [3.05, 3.63) is 83.8 Å². The van der Waals surface area contributed by atoms with Crippen LogP contribution in [0.5, 0.6) is 0 Å². The topological polar surface area (TPSA) is 59.2 Å². The van der Waals surface area contributed by atoms with Crippen molar-refractivity contribution in [1.82, 2.24) is 14.9 Å². The third kappa shape index (κ3) is 4.96. The fourth-order valence-electron chi connectivity index (χ4n) is 4.19. The first-order chi connectivity index (χ1) is 14.4. The van der Waals surface area contributed by atoms with Crippen LogP contribution in [0.2, 0.25) is 0 Å². The Balaban J connectivity index is 2.12. The van der Waals surface area contributed by atoms with E-state index < -0.39 is 5.92 Å². The molecule has 0 radical (unpaired) electrons. The van der Waals surface area contributed by atoms with E-state index in [1.54, 1.807) is 18.6 Å². The average Bonchev–Trinajstić information content (AvgIpc) is 3.13. The zero-order chi connectivity index (χ0) is 21.7. The lowest BCUT2D eigenvalue weighted by atomic mass is 9.78. The monoisotopic (exact) mass is 405 g/mol. The zero-order valence-corrected chi connectivity index (χ0v) is 18.4. The summed E-state index contributed by atoms with van der Waals surface area (Å²) in [6.07, 6.45) is 5.81. The van der Waals surface area contributed by atoms with Crippen LogP contribution >= 0.6 is 0 Å². The molecule has 0 aliphatic carbocycles. The van der Waals surface area contributed by atoms with E-state index >= 15 is 0 Å². The van der Waals surface area contributed by atoms with Crippen LogP contribution in [0.4, 0.5) is 0 Å². The highest BCUT2D eigenvalue weighted by Crippen LogP contribution is 2.38. The summed E-state index contributed by atoms with van der Waals surface area (Å²) in [4.78, 5) is 24.7. The highest BCUT2D eigenvalue weighted by Gasteiger charge is 2.37. The first-order valence-corrected chi connectivity index (χ1v) is 10.6. The number of nitrogens with zero attached hydrogens (tertiary/aromatic N) is 3. The van der Waals surface area contributed by atoms with Crippen molar-refractivity contribution >= 4 is 5.91 Å². The fourth-order valence-corrected chi connectivity index (χ4v) is 4.19. The molecule has 1 amide bonds. The van der Waals surface area contributed by atoms with Crippen LogP contribution < -0.4 is 0 Å². The number of oxazole rings is 1. The van der Waals surface area contributed by atoms with Gasteiger partial charge in [-0.2, -0.15) is 0 Å². The lowest BCUT2D eigenvalue weighted by molar-refractivity contribution is -0.137. The molecule has 0 aliphatic rings. The van der Waals surface area contributed by atoms with Crippen LogP contribution in [0.3, 0.4) is 0 Å². The van der Waals surface area contributed by atoms with Gasteiger partial charge in [-0.05, 0) is 51.8 Å². The summed E-state index contributed by atoms with van der Waals surface area (Å²) >= 11 is 0. The Morgan fingerprint density at radius 2 is 1.63 bits per heavy atom. The third-order valence-corrected chi connectivity index (χ3v) is 5.37. The molecule has 0 N–H and O–H groups in total. The van der Waals surface area contributed by atoms with E-state index in [0.717, 1.165) is 16.9 Å². The normalized spacial score (nSPS) is 13.4. The molecule has 0 saturated carbocycles. The van der Waals surface area contributed by atoms with Crippen molar-refractivity contribution in [2.45, 2.75) is 65.0 Å². The van der Waals surface area contributed by atoms with Crippen molar-refractivity contribution in [3.63, 3.8) is 0 Å². The van der Waals surface area contributed by atoms with Crippen molar-refractivity contribution in [3.8, 4) is 0 Å². The second-order valence-electron chi connectivity index (χ2n) is 8.28. The first kappa shape index (κ1) is 21.8. The molecule has 2 aromatic heterocycles. The second kappa shape index (κ2) is 9.70. The predicted molar refractivity (Wildman–Crippen MR) is 118 cm³/mol. The fraction of sp³-hybridized carbons (Fsp3) is 0.400. The molecule has 2 heterocycles. The quantitative estimate of drug-likeness (QED) is 0.521. The number of amides is 1. The van der Waals surface area contributed by atoms with Crippen LogP contribution in [0.15, 0.2) is 65.5 Å². The highest BCUT2D eigenvalue weighted by molar-refractivity contribution is 5.85. The standard InChI is InChI=1S/C25H31N3O2/c1-17(2)28(18(3)4)25(29)24(21-12-9-13-26-16-21)22(20-10-7-6-8-11-20)14-23-27-15-19(5)30-23/h6-13,15-18,22,24H,14H2,1-5H3. The molecule has 5 heteroatoms. The lowest BCUT2D eigenvalue weighted by Gasteiger charge is -2.37. The molecule has 1 aromatic carbocycles. The number of carbonyl (C=O) groups is 1. The van der Waals surface area contributed by atoms with E-state index in [9.17, 15) is 4.79 Å². The number of benzene rings is 1. The van der Waals surface area contributed by atoms with Gasteiger partial charge < -0.3 is 9.32 Å². The van der Waals surface area contributed by atoms with Gasteiger partial charge in [-0.3, -0.25) is 9.78 Å². The second-order valence-corrected chi connectivity index (χ2v) is 8.28. The molecule has 0 aliphatic heterocycles. The highest BCUT2D eigenvalue weighted by atomic mass is 16.4. The molecule has 158 valence electrons. The summed E-state index contributed by atoms with van der Waals surface area (Å²) < 4.78 is 5.81. The Morgan fingerprint density at radius 3 is 2.17 bits per heavy atom. The van der Waals surface area contributed by atoms with Crippen LogP contribution in [0.25, 0.3) is 0 Å². The van der Waals surface area contributed by atoms with Crippen LogP contribution in [-0.4, -0.2) is 32.9 Å². The maximum atomic E-state index is 14.0. The molecule has 3 rings (SSSR count). The van der Waals surface area contributed by atoms with Gasteiger partial charge in [-0.15, -0.1) is 0 Å². The van der Waals surface area contributed by atoms with Gasteiger partial charge in [0.1, 0.15) is 5.76 Å². The number of hydrogen-bond donors (Lipinski definition) is 0. The van der Waals surface area contributed by atoms with E-state index in [4.69, 9.17) is 4.42 Å². The van der Waals surface area contributed by atoms with E-state index in [0.29, 0.717) is 12.3 Å². The summed E-state index contributed by atoms with van der Waals surface area (Å²) in [5.74, 6) is 1.000. The van der Waals surface area contributed by atoms with Crippen molar-refractivity contribution in [1.29, 1.82) is 0 Å². The molecule has 3 aromatic rings. The van der Waals surface area contributed by atoms with E-state index in [1.165, 1.54) is 0 Å². The lowest BCUT2D eigenvalue weighted by Crippen LogP contribution is -2.46. The van der Waals surface area contributed by atoms with Gasteiger partial charge in [0.05, 0.1) is 12.1 Å². The minimum Gasteiger partial charge on any atom is -0.446 e. The van der Waals surface area contributed by atoms with Crippen molar-refractivity contribution < 1.29 is 9.21 Å². The van der Waals surface area contributed by atoms with Gasteiger partial charge in [0.2, 0.25) is 5.91 Å². The molecule has 0 bridgehead atoms. The molecule has 0 fully saturated rings. The maximum absolute atomic E-state index is 14.0. The first-order valence-electron chi connectivity index (χ1n) is 10.6. The number of aromatic nitrogens is 2. The number of carbonyl (C=O) groups excluding carboxylic acids is 1.